The summed E-state index contributed by atoms with van der Waals surface area (Å²) < 4.78 is 10.7. The van der Waals surface area contributed by atoms with E-state index >= 15 is 0 Å². The molecule has 0 fully saturated rings. The second kappa shape index (κ2) is 6.32. The predicted molar refractivity (Wildman–Crippen MR) is 89.0 cm³/mol. The molecule has 1 unspecified atom stereocenters. The third kappa shape index (κ3) is 3.31. The monoisotopic (exact) mass is 311 g/mol. The lowest BCUT2D eigenvalue weighted by Gasteiger charge is -2.15. The van der Waals surface area contributed by atoms with Gasteiger partial charge in [0.25, 0.3) is 5.91 Å². The Morgan fingerprint density at radius 3 is 2.30 bits per heavy atom. The van der Waals surface area contributed by atoms with E-state index in [2.05, 4.69) is 19.2 Å². The molecular weight excluding hydrogens is 290 g/mol. The summed E-state index contributed by atoms with van der Waals surface area (Å²) >= 11 is 0. The summed E-state index contributed by atoms with van der Waals surface area (Å²) in [7, 11) is 0. The Labute approximate surface area is 136 Å². The van der Waals surface area contributed by atoms with E-state index in [9.17, 15) is 4.79 Å². The molecule has 3 rings (SSSR count). The van der Waals surface area contributed by atoms with Crippen LogP contribution in [0.5, 0.6) is 11.5 Å². The Balaban J connectivity index is 1.69. The second-order valence-electron chi connectivity index (χ2n) is 6.08. The minimum Gasteiger partial charge on any atom is -0.454 e. The quantitative estimate of drug-likeness (QED) is 0.927. The number of hydrogen-bond donors (Lipinski definition) is 1. The largest absolute Gasteiger partial charge is 0.454 e. The van der Waals surface area contributed by atoms with Crippen molar-refractivity contribution in [2.24, 2.45) is 0 Å². The van der Waals surface area contributed by atoms with E-state index in [1.165, 1.54) is 5.56 Å². The van der Waals surface area contributed by atoms with Crippen LogP contribution in [0.1, 0.15) is 54.2 Å². The van der Waals surface area contributed by atoms with E-state index in [4.69, 9.17) is 9.47 Å². The van der Waals surface area contributed by atoms with Gasteiger partial charge in [-0.25, -0.2) is 0 Å². The minimum atomic E-state index is -0.109. The molecule has 2 aromatic carbocycles. The van der Waals surface area contributed by atoms with E-state index in [0.29, 0.717) is 11.5 Å². The van der Waals surface area contributed by atoms with Crippen molar-refractivity contribution in [2.75, 3.05) is 6.79 Å². The van der Waals surface area contributed by atoms with Crippen molar-refractivity contribution in [3.8, 4) is 11.5 Å². The smallest absolute Gasteiger partial charge is 0.251 e. The molecule has 0 saturated heterocycles. The van der Waals surface area contributed by atoms with Crippen LogP contribution in [0, 0.1) is 0 Å². The van der Waals surface area contributed by atoms with Crippen LogP contribution < -0.4 is 14.8 Å². The lowest BCUT2D eigenvalue weighted by Crippen LogP contribution is -2.26. The van der Waals surface area contributed by atoms with Gasteiger partial charge in [0.2, 0.25) is 6.79 Å². The van der Waals surface area contributed by atoms with Gasteiger partial charge in [-0.05, 0) is 48.2 Å². The maximum absolute atomic E-state index is 12.4. The molecule has 0 spiro atoms. The fourth-order valence-corrected chi connectivity index (χ4v) is 2.57. The fraction of sp³-hybridized carbons (Fsp3) is 0.316. The van der Waals surface area contributed by atoms with Crippen LogP contribution in [-0.4, -0.2) is 12.7 Å². The summed E-state index contributed by atoms with van der Waals surface area (Å²) in [6, 6.07) is 13.4. The molecule has 0 aliphatic carbocycles. The third-order valence-corrected chi connectivity index (χ3v) is 4.08. The molecule has 23 heavy (non-hydrogen) atoms. The first-order chi connectivity index (χ1) is 11.0. The van der Waals surface area contributed by atoms with Crippen molar-refractivity contribution in [1.82, 2.24) is 5.32 Å². The average Bonchev–Trinajstić information content (AvgIpc) is 3.02. The van der Waals surface area contributed by atoms with Gasteiger partial charge in [0, 0.05) is 5.56 Å². The lowest BCUT2D eigenvalue weighted by atomic mass is 10.0. The van der Waals surface area contributed by atoms with E-state index in [1.54, 1.807) is 0 Å². The Hall–Kier alpha value is -2.49. The highest BCUT2D eigenvalue weighted by molar-refractivity contribution is 5.94. The molecule has 120 valence electrons. The zero-order valence-corrected chi connectivity index (χ0v) is 13.6. The Kier molecular flexibility index (Phi) is 4.24. The molecule has 1 aliphatic rings. The number of carbonyl (C=O) groups excluding carboxylic acids is 1. The van der Waals surface area contributed by atoms with E-state index < -0.39 is 0 Å². The first-order valence-electron chi connectivity index (χ1n) is 7.85. The maximum atomic E-state index is 12.4. The molecule has 4 nitrogen and oxygen atoms in total. The highest BCUT2D eigenvalue weighted by Crippen LogP contribution is 2.34. The molecule has 1 atom stereocenters. The fourth-order valence-electron chi connectivity index (χ4n) is 2.57. The van der Waals surface area contributed by atoms with Gasteiger partial charge >= 0.3 is 0 Å². The number of amides is 1. The summed E-state index contributed by atoms with van der Waals surface area (Å²) in [5.74, 6) is 1.85. The molecule has 1 heterocycles. The number of nitrogens with one attached hydrogen (secondary N) is 1. The molecule has 1 N–H and O–H groups in total. The van der Waals surface area contributed by atoms with E-state index in [0.717, 1.165) is 17.1 Å². The van der Waals surface area contributed by atoms with Crippen LogP contribution in [0.2, 0.25) is 0 Å². The number of hydrogen-bond acceptors (Lipinski definition) is 3. The molecule has 0 saturated carbocycles. The van der Waals surface area contributed by atoms with Gasteiger partial charge in [-0.2, -0.15) is 0 Å². The van der Waals surface area contributed by atoms with Crippen LogP contribution >= 0.6 is 0 Å². The number of ether oxygens (including phenoxy) is 2. The molecule has 1 aliphatic heterocycles. The Morgan fingerprint density at radius 2 is 1.61 bits per heavy atom. The minimum absolute atomic E-state index is 0.0783. The molecule has 1 amide bonds. The molecule has 0 bridgehead atoms. The average molecular weight is 311 g/mol. The Bertz CT molecular complexity index is 707. The summed E-state index contributed by atoms with van der Waals surface area (Å²) in [6.07, 6.45) is 0. The molecule has 2 aromatic rings. The predicted octanol–water partition coefficient (Wildman–Crippen LogP) is 4.03. The van der Waals surface area contributed by atoms with Gasteiger partial charge < -0.3 is 14.8 Å². The van der Waals surface area contributed by atoms with Gasteiger partial charge in [-0.1, -0.05) is 32.0 Å². The third-order valence-electron chi connectivity index (χ3n) is 4.08. The topological polar surface area (TPSA) is 47.6 Å². The zero-order chi connectivity index (χ0) is 16.4. The summed E-state index contributed by atoms with van der Waals surface area (Å²) in [5.41, 5.74) is 2.88. The maximum Gasteiger partial charge on any atom is 0.251 e. The van der Waals surface area contributed by atoms with Gasteiger partial charge in [0.15, 0.2) is 11.5 Å². The van der Waals surface area contributed by atoms with Gasteiger partial charge in [0.1, 0.15) is 0 Å². The van der Waals surface area contributed by atoms with Crippen molar-refractivity contribution >= 4 is 5.91 Å². The van der Waals surface area contributed by atoms with Crippen molar-refractivity contribution < 1.29 is 14.3 Å². The Morgan fingerprint density at radius 1 is 0.957 bits per heavy atom. The second-order valence-corrected chi connectivity index (χ2v) is 6.08. The first kappa shape index (κ1) is 15.4. The van der Waals surface area contributed by atoms with Gasteiger partial charge in [-0.3, -0.25) is 4.79 Å². The van der Waals surface area contributed by atoms with Crippen LogP contribution in [-0.2, 0) is 0 Å². The summed E-state index contributed by atoms with van der Waals surface area (Å²) in [6.45, 7) is 6.48. The zero-order valence-electron chi connectivity index (χ0n) is 13.6. The van der Waals surface area contributed by atoms with Crippen LogP contribution in [0.4, 0.5) is 0 Å². The van der Waals surface area contributed by atoms with Crippen molar-refractivity contribution in [2.45, 2.75) is 32.7 Å². The van der Waals surface area contributed by atoms with Crippen LogP contribution in [0.15, 0.2) is 42.5 Å². The molecule has 0 radical (unpaired) electrons. The van der Waals surface area contributed by atoms with Crippen LogP contribution in [0.25, 0.3) is 0 Å². The summed E-state index contributed by atoms with van der Waals surface area (Å²) in [5, 5.41) is 3.02. The number of carbonyl (C=O) groups is 1. The molecule has 4 heteroatoms. The van der Waals surface area contributed by atoms with E-state index in [1.807, 2.05) is 49.4 Å². The van der Waals surface area contributed by atoms with Crippen molar-refractivity contribution in [1.29, 1.82) is 0 Å². The molecule has 0 aromatic heterocycles. The SMILES string of the molecule is CC(C)c1ccc(C(=O)NC(C)c2ccc3c(c2)OCO3)cc1. The van der Waals surface area contributed by atoms with E-state index in [-0.39, 0.29) is 18.7 Å². The van der Waals surface area contributed by atoms with Crippen LogP contribution in [0.3, 0.4) is 0 Å². The standard InChI is InChI=1S/C19H21NO3/c1-12(2)14-4-6-15(7-5-14)19(21)20-13(3)16-8-9-17-18(10-16)23-11-22-17/h4-10,12-13H,11H2,1-3H3,(H,20,21). The van der Waals surface area contributed by atoms with Gasteiger partial charge in [-0.15, -0.1) is 0 Å². The van der Waals surface area contributed by atoms with Gasteiger partial charge in [0.05, 0.1) is 6.04 Å². The lowest BCUT2D eigenvalue weighted by molar-refractivity contribution is 0.0939. The summed E-state index contributed by atoms with van der Waals surface area (Å²) in [4.78, 5) is 12.4. The normalized spacial score (nSPS) is 13.9. The highest BCUT2D eigenvalue weighted by atomic mass is 16.7. The van der Waals surface area contributed by atoms with Crippen molar-refractivity contribution in [3.63, 3.8) is 0 Å². The highest BCUT2D eigenvalue weighted by Gasteiger charge is 2.17. The number of fused-ring (bicyclic) bond motifs is 1. The number of benzene rings is 2. The molecular formula is C19H21NO3. The number of rotatable bonds is 4. The van der Waals surface area contributed by atoms with Crippen molar-refractivity contribution in [3.05, 3.63) is 59.2 Å². The first-order valence-corrected chi connectivity index (χ1v) is 7.85.